The van der Waals surface area contributed by atoms with Gasteiger partial charge in [0.05, 0.1) is 0 Å². The normalized spacial score (nSPS) is 10.6. The van der Waals surface area contributed by atoms with Gasteiger partial charge >= 0.3 is 0 Å². The van der Waals surface area contributed by atoms with Gasteiger partial charge in [0.25, 0.3) is 0 Å². The van der Waals surface area contributed by atoms with Crippen LogP contribution in [-0.2, 0) is 13.1 Å². The zero-order valence-electron chi connectivity index (χ0n) is 12.3. The maximum atomic E-state index is 3.55. The van der Waals surface area contributed by atoms with Gasteiger partial charge in [-0.05, 0) is 43.3 Å². The summed E-state index contributed by atoms with van der Waals surface area (Å²) in [5, 5.41) is 3.23. The molecule has 2 nitrogen and oxygen atoms in total. The summed E-state index contributed by atoms with van der Waals surface area (Å²) in [6, 6.07) is 15.1. The second kappa shape index (κ2) is 6.91. The lowest BCUT2D eigenvalue weighted by Crippen LogP contribution is -2.19. The summed E-state index contributed by atoms with van der Waals surface area (Å²) in [5.41, 5.74) is 5.22. The first-order chi connectivity index (χ1) is 9.60. The van der Waals surface area contributed by atoms with E-state index in [1.54, 1.807) is 0 Å². The third-order valence-corrected chi connectivity index (χ3v) is 3.82. The van der Waals surface area contributed by atoms with Gasteiger partial charge in [-0.1, -0.05) is 45.8 Å². The average Bonchev–Trinajstić information content (AvgIpc) is 2.39. The summed E-state index contributed by atoms with van der Waals surface area (Å²) in [6.07, 6.45) is 0. The first-order valence-corrected chi connectivity index (χ1v) is 7.59. The summed E-state index contributed by atoms with van der Waals surface area (Å²) in [6.45, 7) is 3.92. The Bertz CT molecular complexity index is 581. The van der Waals surface area contributed by atoms with Crippen LogP contribution in [0.3, 0.4) is 0 Å². The highest BCUT2D eigenvalue weighted by atomic mass is 79.9. The van der Waals surface area contributed by atoms with Crippen molar-refractivity contribution in [1.82, 2.24) is 5.32 Å². The number of hydrogen-bond acceptors (Lipinski definition) is 2. The molecular weight excluding hydrogens is 312 g/mol. The molecule has 0 unspecified atom stereocenters. The van der Waals surface area contributed by atoms with Gasteiger partial charge in [0, 0.05) is 30.3 Å². The molecule has 3 heteroatoms. The van der Waals surface area contributed by atoms with E-state index in [1.165, 1.54) is 22.4 Å². The molecule has 2 aromatic carbocycles. The molecule has 0 spiro atoms. The maximum absolute atomic E-state index is 3.55. The van der Waals surface area contributed by atoms with Crippen molar-refractivity contribution in [1.29, 1.82) is 0 Å². The van der Waals surface area contributed by atoms with Crippen molar-refractivity contribution in [3.05, 3.63) is 63.6 Å². The van der Waals surface area contributed by atoms with Crippen LogP contribution in [-0.4, -0.2) is 14.1 Å². The Morgan fingerprint density at radius 2 is 1.95 bits per heavy atom. The zero-order valence-corrected chi connectivity index (χ0v) is 13.9. The van der Waals surface area contributed by atoms with Crippen molar-refractivity contribution in [3.63, 3.8) is 0 Å². The maximum Gasteiger partial charge on any atom is 0.0426 e. The SMILES string of the molecule is CNCc1cc(Br)ccc1N(C)Cc1cccc(C)c1. The van der Waals surface area contributed by atoms with Gasteiger partial charge in [-0.15, -0.1) is 0 Å². The molecule has 0 aliphatic heterocycles. The molecule has 1 N–H and O–H groups in total. The van der Waals surface area contributed by atoms with Crippen LogP contribution in [0, 0.1) is 6.92 Å². The Balaban J connectivity index is 2.22. The predicted molar refractivity (Wildman–Crippen MR) is 90.2 cm³/mol. The van der Waals surface area contributed by atoms with Crippen molar-refractivity contribution in [2.75, 3.05) is 19.0 Å². The lowest BCUT2D eigenvalue weighted by atomic mass is 10.1. The lowest BCUT2D eigenvalue weighted by molar-refractivity contribution is 0.805. The molecule has 0 saturated carbocycles. The monoisotopic (exact) mass is 332 g/mol. The molecule has 0 amide bonds. The highest BCUT2D eigenvalue weighted by Gasteiger charge is 2.08. The van der Waals surface area contributed by atoms with Gasteiger partial charge in [-0.25, -0.2) is 0 Å². The molecular formula is C17H21BrN2. The molecule has 0 aromatic heterocycles. The number of nitrogens with zero attached hydrogens (tertiary/aromatic N) is 1. The molecule has 0 bridgehead atoms. The summed E-state index contributed by atoms with van der Waals surface area (Å²) >= 11 is 3.55. The highest BCUT2D eigenvalue weighted by molar-refractivity contribution is 9.10. The smallest absolute Gasteiger partial charge is 0.0426 e. The number of halogens is 1. The molecule has 0 atom stereocenters. The summed E-state index contributed by atoms with van der Waals surface area (Å²) in [4.78, 5) is 2.30. The number of rotatable bonds is 5. The fourth-order valence-corrected chi connectivity index (χ4v) is 2.84. The van der Waals surface area contributed by atoms with Crippen molar-refractivity contribution in [2.45, 2.75) is 20.0 Å². The first-order valence-electron chi connectivity index (χ1n) is 6.80. The molecule has 2 rings (SSSR count). The number of hydrogen-bond donors (Lipinski definition) is 1. The highest BCUT2D eigenvalue weighted by Crippen LogP contribution is 2.25. The Kier molecular flexibility index (Phi) is 5.21. The second-order valence-corrected chi connectivity index (χ2v) is 6.06. The Morgan fingerprint density at radius 1 is 1.15 bits per heavy atom. The van der Waals surface area contributed by atoms with E-state index >= 15 is 0 Å². The van der Waals surface area contributed by atoms with Crippen LogP contribution in [0.2, 0.25) is 0 Å². The van der Waals surface area contributed by atoms with Crippen LogP contribution in [0.1, 0.15) is 16.7 Å². The Hall–Kier alpha value is -1.32. The predicted octanol–water partition coefficient (Wildman–Crippen LogP) is 4.11. The van der Waals surface area contributed by atoms with E-state index in [1.807, 2.05) is 7.05 Å². The molecule has 0 saturated heterocycles. The molecule has 2 aromatic rings. The van der Waals surface area contributed by atoms with E-state index < -0.39 is 0 Å². The van der Waals surface area contributed by atoms with Gasteiger partial charge in [0.2, 0.25) is 0 Å². The number of nitrogens with one attached hydrogen (secondary N) is 1. The average molecular weight is 333 g/mol. The summed E-state index contributed by atoms with van der Waals surface area (Å²) < 4.78 is 1.12. The van der Waals surface area contributed by atoms with Crippen LogP contribution in [0.25, 0.3) is 0 Å². The van der Waals surface area contributed by atoms with Crippen molar-refractivity contribution >= 4 is 21.6 Å². The minimum Gasteiger partial charge on any atom is -0.370 e. The molecule has 0 fully saturated rings. The standard InChI is InChI=1S/C17H21BrN2/c1-13-5-4-6-14(9-13)12-20(3)17-8-7-16(18)10-15(17)11-19-2/h4-10,19H,11-12H2,1-3H3. The lowest BCUT2D eigenvalue weighted by Gasteiger charge is -2.23. The van der Waals surface area contributed by atoms with Crippen LogP contribution >= 0.6 is 15.9 Å². The third kappa shape index (κ3) is 3.84. The second-order valence-electron chi connectivity index (χ2n) is 5.15. The van der Waals surface area contributed by atoms with Gasteiger partial charge in [-0.3, -0.25) is 0 Å². The fourth-order valence-electron chi connectivity index (χ4n) is 2.43. The molecule has 106 valence electrons. The summed E-state index contributed by atoms with van der Waals surface area (Å²) in [7, 11) is 4.12. The molecule has 0 aliphatic carbocycles. The zero-order chi connectivity index (χ0) is 14.5. The minimum atomic E-state index is 0.868. The van der Waals surface area contributed by atoms with E-state index in [4.69, 9.17) is 0 Å². The van der Waals surface area contributed by atoms with Crippen molar-refractivity contribution in [2.24, 2.45) is 0 Å². The fraction of sp³-hybridized carbons (Fsp3) is 0.294. The van der Waals surface area contributed by atoms with E-state index in [-0.39, 0.29) is 0 Å². The molecule has 0 heterocycles. The van der Waals surface area contributed by atoms with Gasteiger partial charge in [-0.2, -0.15) is 0 Å². The van der Waals surface area contributed by atoms with Crippen LogP contribution in [0.4, 0.5) is 5.69 Å². The molecule has 20 heavy (non-hydrogen) atoms. The first kappa shape index (κ1) is 15.1. The van der Waals surface area contributed by atoms with E-state index in [0.29, 0.717) is 0 Å². The number of aryl methyl sites for hydroxylation is 1. The van der Waals surface area contributed by atoms with Crippen LogP contribution in [0.15, 0.2) is 46.9 Å². The van der Waals surface area contributed by atoms with Gasteiger partial charge in [0.1, 0.15) is 0 Å². The van der Waals surface area contributed by atoms with Crippen LogP contribution < -0.4 is 10.2 Å². The largest absolute Gasteiger partial charge is 0.370 e. The molecule has 0 aliphatic rings. The quantitative estimate of drug-likeness (QED) is 0.886. The number of benzene rings is 2. The Morgan fingerprint density at radius 3 is 2.65 bits per heavy atom. The van der Waals surface area contributed by atoms with Crippen molar-refractivity contribution in [3.8, 4) is 0 Å². The van der Waals surface area contributed by atoms with Crippen molar-refractivity contribution < 1.29 is 0 Å². The summed E-state index contributed by atoms with van der Waals surface area (Å²) in [5.74, 6) is 0. The topological polar surface area (TPSA) is 15.3 Å². The van der Waals surface area contributed by atoms with Crippen LogP contribution in [0.5, 0.6) is 0 Å². The van der Waals surface area contributed by atoms with Gasteiger partial charge < -0.3 is 10.2 Å². The third-order valence-electron chi connectivity index (χ3n) is 3.32. The van der Waals surface area contributed by atoms with E-state index in [0.717, 1.165) is 17.6 Å². The van der Waals surface area contributed by atoms with E-state index in [9.17, 15) is 0 Å². The van der Waals surface area contributed by atoms with Gasteiger partial charge in [0.15, 0.2) is 0 Å². The Labute approximate surface area is 129 Å². The minimum absolute atomic E-state index is 0.868. The number of anilines is 1. The van der Waals surface area contributed by atoms with E-state index in [2.05, 4.69) is 82.6 Å². The molecule has 0 radical (unpaired) electrons.